The zero-order valence-electron chi connectivity index (χ0n) is 26.9. The summed E-state index contributed by atoms with van der Waals surface area (Å²) in [6.07, 6.45) is 5.29. The molecule has 1 saturated carbocycles. The minimum Gasteiger partial charge on any atom is -0.492 e. The third-order valence-electron chi connectivity index (χ3n) is 9.74. The summed E-state index contributed by atoms with van der Waals surface area (Å²) in [4.78, 5) is 28.5. The lowest BCUT2D eigenvalue weighted by Gasteiger charge is -2.25. The van der Waals surface area contributed by atoms with Gasteiger partial charge in [0.1, 0.15) is 5.69 Å². The van der Waals surface area contributed by atoms with E-state index in [1.807, 2.05) is 24.3 Å². The maximum absolute atomic E-state index is 15.8. The van der Waals surface area contributed by atoms with Gasteiger partial charge in [-0.05, 0) is 80.8 Å². The van der Waals surface area contributed by atoms with Crippen LogP contribution in [0, 0.1) is 11.7 Å². The molecular formula is C37H39Cl2FN4O4. The molecule has 0 amide bonds. The van der Waals surface area contributed by atoms with Gasteiger partial charge in [-0.25, -0.2) is 4.39 Å². The van der Waals surface area contributed by atoms with Crippen LogP contribution in [0.2, 0.25) is 10.0 Å². The van der Waals surface area contributed by atoms with Crippen LogP contribution < -0.4 is 25.7 Å². The monoisotopic (exact) mass is 692 g/mol. The van der Waals surface area contributed by atoms with E-state index in [-0.39, 0.29) is 30.5 Å². The van der Waals surface area contributed by atoms with Crippen molar-refractivity contribution in [2.24, 2.45) is 5.92 Å². The smallest absolute Gasteiger partial charge is 0.310 e. The maximum Gasteiger partial charge on any atom is 0.310 e. The summed E-state index contributed by atoms with van der Waals surface area (Å²) in [6.45, 7) is 2.63. The zero-order chi connectivity index (χ0) is 33.4. The molecule has 0 radical (unpaired) electrons. The number of esters is 1. The molecule has 48 heavy (non-hydrogen) atoms. The predicted molar refractivity (Wildman–Crippen MR) is 189 cm³/mol. The van der Waals surface area contributed by atoms with Crippen molar-refractivity contribution in [1.29, 1.82) is 0 Å². The number of ether oxygens (including phenoxy) is 2. The molecule has 3 heterocycles. The van der Waals surface area contributed by atoms with Crippen molar-refractivity contribution in [3.63, 3.8) is 0 Å². The number of fused-ring (bicyclic) bond motifs is 2. The number of para-hydroxylation sites is 2. The number of benzene rings is 3. The minimum atomic E-state index is -0.427. The Morgan fingerprint density at radius 2 is 1.85 bits per heavy atom. The molecule has 1 aliphatic carbocycles. The molecule has 2 N–H and O–H groups in total. The molecule has 0 unspecified atom stereocenters. The van der Waals surface area contributed by atoms with Gasteiger partial charge in [0.05, 0.1) is 46.8 Å². The number of pyridine rings is 1. The number of carbonyl (C=O) groups is 1. The maximum atomic E-state index is 15.8. The average Bonchev–Trinajstić information content (AvgIpc) is 3.82. The molecule has 2 saturated heterocycles. The van der Waals surface area contributed by atoms with Crippen molar-refractivity contribution in [1.82, 2.24) is 9.88 Å². The molecule has 0 spiro atoms. The first kappa shape index (κ1) is 32.7. The number of carbonyl (C=O) groups excluding carboxylic acids is 1. The van der Waals surface area contributed by atoms with Crippen LogP contribution in [0.5, 0.6) is 5.75 Å². The van der Waals surface area contributed by atoms with E-state index in [1.165, 1.54) is 6.07 Å². The molecule has 7 rings (SSSR count). The van der Waals surface area contributed by atoms with E-state index >= 15 is 4.39 Å². The van der Waals surface area contributed by atoms with Crippen LogP contribution in [0.4, 0.5) is 21.5 Å². The van der Waals surface area contributed by atoms with Crippen molar-refractivity contribution in [3.8, 4) is 5.75 Å². The fraction of sp³-hybridized carbons (Fsp3) is 0.405. The van der Waals surface area contributed by atoms with Crippen LogP contribution in [0.3, 0.4) is 0 Å². The predicted octanol–water partition coefficient (Wildman–Crippen LogP) is 7.44. The van der Waals surface area contributed by atoms with Gasteiger partial charge in [-0.2, -0.15) is 0 Å². The molecule has 4 aromatic rings. The van der Waals surface area contributed by atoms with Gasteiger partial charge in [0.25, 0.3) is 0 Å². The Hall–Kier alpha value is -3.79. The molecule has 2 atom stereocenters. The van der Waals surface area contributed by atoms with Gasteiger partial charge >= 0.3 is 5.97 Å². The fourth-order valence-electron chi connectivity index (χ4n) is 7.33. The average molecular weight is 694 g/mol. The SMILES string of the molecule is COc1c(N2C[C@H]3CCCN[C@H]3C2)c(F)cc2c(=O)cc(CCCOC(=O)Cc3ccccc3Nc3c(Cl)cccc3Cl)n(C3CC3)c12. The molecule has 11 heteroatoms. The highest BCUT2D eigenvalue weighted by Gasteiger charge is 2.38. The number of hydrogen-bond donors (Lipinski definition) is 2. The van der Waals surface area contributed by atoms with Crippen LogP contribution in [-0.4, -0.2) is 49.9 Å². The minimum absolute atomic E-state index is 0.0628. The lowest BCUT2D eigenvalue weighted by Crippen LogP contribution is -2.40. The van der Waals surface area contributed by atoms with E-state index < -0.39 is 5.82 Å². The van der Waals surface area contributed by atoms with Gasteiger partial charge in [0, 0.05) is 42.6 Å². The van der Waals surface area contributed by atoms with Crippen LogP contribution >= 0.6 is 23.2 Å². The number of methoxy groups -OCH3 is 1. The van der Waals surface area contributed by atoms with Crippen LogP contribution in [0.25, 0.3) is 10.9 Å². The standard InChI is InChI=1S/C37H39Cl2FN4O4/c1-47-37-35-26(19-29(40)36(37)43-20-23-8-5-15-41-31(23)21-43)32(45)18-25(44(35)24-13-14-24)9-6-16-48-33(46)17-22-7-2-3-12-30(22)42-34-27(38)10-4-11-28(34)39/h2-4,7,10-12,18-19,23-24,31,41-42H,5-6,8-9,13-17,20-21H2,1H3/t23-,31+/m1/s1. The highest BCUT2D eigenvalue weighted by Crippen LogP contribution is 2.46. The lowest BCUT2D eigenvalue weighted by atomic mass is 9.94. The van der Waals surface area contributed by atoms with Crippen LogP contribution in [-0.2, 0) is 22.4 Å². The van der Waals surface area contributed by atoms with E-state index in [0.717, 1.165) is 50.0 Å². The van der Waals surface area contributed by atoms with Gasteiger partial charge in [-0.15, -0.1) is 0 Å². The number of rotatable bonds is 11. The number of piperidine rings is 1. The first-order chi connectivity index (χ1) is 23.3. The van der Waals surface area contributed by atoms with Gasteiger partial charge in [0.15, 0.2) is 17.0 Å². The summed E-state index contributed by atoms with van der Waals surface area (Å²) in [5.74, 6) is 0.0917. The second kappa shape index (κ2) is 14.0. The van der Waals surface area contributed by atoms with Gasteiger partial charge in [-0.1, -0.05) is 47.5 Å². The number of nitrogens with one attached hydrogen (secondary N) is 2. The third kappa shape index (κ3) is 6.60. The second-order valence-corrected chi connectivity index (χ2v) is 13.8. The Kier molecular flexibility index (Phi) is 9.54. The molecular weight excluding hydrogens is 654 g/mol. The molecule has 2 aliphatic heterocycles. The molecule has 3 aromatic carbocycles. The van der Waals surface area contributed by atoms with Gasteiger partial charge in [0.2, 0.25) is 0 Å². The van der Waals surface area contributed by atoms with E-state index in [0.29, 0.717) is 75.1 Å². The number of nitrogens with zero attached hydrogens (tertiary/aromatic N) is 2. The number of aryl methyl sites for hydroxylation is 1. The van der Waals surface area contributed by atoms with E-state index in [4.69, 9.17) is 32.7 Å². The quantitative estimate of drug-likeness (QED) is 0.125. The topological polar surface area (TPSA) is 84.8 Å². The highest BCUT2D eigenvalue weighted by atomic mass is 35.5. The summed E-state index contributed by atoms with van der Waals surface area (Å²) in [5.41, 5.74) is 3.72. The third-order valence-corrected chi connectivity index (χ3v) is 10.4. The van der Waals surface area contributed by atoms with E-state index in [2.05, 4.69) is 20.1 Å². The Labute approximate surface area is 289 Å². The number of halogens is 3. The molecule has 8 nitrogen and oxygen atoms in total. The molecule has 3 fully saturated rings. The summed E-state index contributed by atoms with van der Waals surface area (Å²) < 4.78 is 29.6. The van der Waals surface area contributed by atoms with Crippen molar-refractivity contribution in [2.75, 3.05) is 43.6 Å². The second-order valence-electron chi connectivity index (χ2n) is 13.0. The number of aromatic nitrogens is 1. The summed E-state index contributed by atoms with van der Waals surface area (Å²) >= 11 is 12.7. The summed E-state index contributed by atoms with van der Waals surface area (Å²) in [7, 11) is 1.56. The fourth-order valence-corrected chi connectivity index (χ4v) is 7.82. The lowest BCUT2D eigenvalue weighted by molar-refractivity contribution is -0.142. The first-order valence-electron chi connectivity index (χ1n) is 16.7. The Morgan fingerprint density at radius 1 is 1.06 bits per heavy atom. The number of anilines is 3. The molecule has 252 valence electrons. The molecule has 0 bridgehead atoms. The summed E-state index contributed by atoms with van der Waals surface area (Å²) in [5, 5.41) is 8.12. The van der Waals surface area contributed by atoms with Crippen LogP contribution in [0.1, 0.15) is 49.4 Å². The molecule has 3 aliphatic rings. The largest absolute Gasteiger partial charge is 0.492 e. The first-order valence-corrected chi connectivity index (χ1v) is 17.5. The van der Waals surface area contributed by atoms with Gasteiger partial charge < -0.3 is 29.6 Å². The van der Waals surface area contributed by atoms with Crippen molar-refractivity contribution < 1.29 is 18.7 Å². The Bertz CT molecular complexity index is 1880. The Balaban J connectivity index is 1.07. The normalized spacial score (nSPS) is 19.0. The highest BCUT2D eigenvalue weighted by molar-refractivity contribution is 6.39. The Morgan fingerprint density at radius 3 is 2.60 bits per heavy atom. The van der Waals surface area contributed by atoms with E-state index in [9.17, 15) is 9.59 Å². The van der Waals surface area contributed by atoms with Crippen molar-refractivity contribution >= 4 is 57.1 Å². The summed E-state index contributed by atoms with van der Waals surface area (Å²) in [6, 6.07) is 16.2. The van der Waals surface area contributed by atoms with Crippen molar-refractivity contribution in [2.45, 2.75) is 57.0 Å². The van der Waals surface area contributed by atoms with Crippen LogP contribution in [0.15, 0.2) is 59.4 Å². The van der Waals surface area contributed by atoms with Crippen molar-refractivity contribution in [3.05, 3.63) is 91.9 Å². The number of hydrogen-bond acceptors (Lipinski definition) is 7. The zero-order valence-corrected chi connectivity index (χ0v) is 28.4. The molecule has 1 aromatic heterocycles. The van der Waals surface area contributed by atoms with E-state index in [1.54, 1.807) is 31.4 Å². The van der Waals surface area contributed by atoms with Gasteiger partial charge in [-0.3, -0.25) is 9.59 Å².